The number of hydrogen-bond donors (Lipinski definition) is 0. The zero-order valence-electron chi connectivity index (χ0n) is 31.7. The van der Waals surface area contributed by atoms with Gasteiger partial charge in [-0.3, -0.25) is 0 Å². The first kappa shape index (κ1) is 33.3. The molecule has 56 heavy (non-hydrogen) atoms. The van der Waals surface area contributed by atoms with Crippen LogP contribution in [0.4, 0.5) is 0 Å². The van der Waals surface area contributed by atoms with Crippen LogP contribution < -0.4 is 0 Å². The first-order valence-corrected chi connectivity index (χ1v) is 19.0. The number of hydrogen-bond acceptors (Lipinski definition) is 3. The minimum atomic E-state index is 0.533. The number of fused-ring (bicyclic) bond motifs is 6. The summed E-state index contributed by atoms with van der Waals surface area (Å²) in [5.41, 5.74) is 15.6. The molecule has 0 radical (unpaired) electrons. The van der Waals surface area contributed by atoms with Crippen molar-refractivity contribution < 1.29 is 0 Å². The largest absolute Gasteiger partial charge is 0.308 e. The quantitative estimate of drug-likeness (QED) is 0.178. The van der Waals surface area contributed by atoms with Crippen LogP contribution in [0.1, 0.15) is 27.8 Å². The van der Waals surface area contributed by atoms with Crippen LogP contribution in [0.15, 0.2) is 152 Å². The highest BCUT2D eigenvalue weighted by atomic mass is 15.0. The lowest BCUT2D eigenvalue weighted by Gasteiger charge is -2.19. The summed E-state index contributed by atoms with van der Waals surface area (Å²) < 4.78 is 4.60. The Hall–Kier alpha value is -7.29. The van der Waals surface area contributed by atoms with E-state index in [0.29, 0.717) is 11.4 Å². The van der Waals surface area contributed by atoms with Gasteiger partial charge in [0.05, 0.1) is 50.4 Å². The molecule has 0 amide bonds. The molecule has 3 heterocycles. The van der Waals surface area contributed by atoms with Crippen molar-refractivity contribution in [3.05, 3.63) is 179 Å². The van der Waals surface area contributed by atoms with Crippen LogP contribution in [0.25, 0.3) is 88.9 Å². The monoisotopic (exact) mass is 719 g/mol. The Morgan fingerprint density at radius 1 is 0.429 bits per heavy atom. The van der Waals surface area contributed by atoms with Crippen LogP contribution in [0.3, 0.4) is 0 Å². The fourth-order valence-electron chi connectivity index (χ4n) is 8.32. The smallest absolute Gasteiger partial charge is 0.162 e. The van der Waals surface area contributed by atoms with E-state index in [1.807, 2.05) is 42.5 Å². The first-order chi connectivity index (χ1) is 27.3. The van der Waals surface area contributed by atoms with E-state index in [-0.39, 0.29) is 0 Å². The van der Waals surface area contributed by atoms with E-state index in [1.54, 1.807) is 0 Å². The summed E-state index contributed by atoms with van der Waals surface area (Å²) in [6.45, 7) is 8.54. The molecule has 0 saturated heterocycles. The van der Waals surface area contributed by atoms with Gasteiger partial charge in [-0.15, -0.1) is 0 Å². The van der Waals surface area contributed by atoms with E-state index < -0.39 is 0 Å². The van der Waals surface area contributed by atoms with Gasteiger partial charge in [-0.25, -0.2) is 9.97 Å². The van der Waals surface area contributed by atoms with E-state index in [0.717, 1.165) is 72.3 Å². The van der Waals surface area contributed by atoms with Crippen molar-refractivity contribution in [2.24, 2.45) is 0 Å². The lowest BCUT2D eigenvalue weighted by molar-refractivity contribution is 1.11. The fraction of sp³-hybridized carbons (Fsp3) is 0.0784. The molecule has 7 aromatic carbocycles. The Labute approximate surface area is 325 Å². The van der Waals surface area contributed by atoms with Crippen molar-refractivity contribution in [1.82, 2.24) is 19.1 Å². The van der Waals surface area contributed by atoms with Crippen molar-refractivity contribution in [1.29, 1.82) is 5.26 Å². The van der Waals surface area contributed by atoms with Crippen LogP contribution in [0, 0.1) is 39.0 Å². The van der Waals surface area contributed by atoms with Crippen LogP contribution in [-0.4, -0.2) is 19.1 Å². The summed E-state index contributed by atoms with van der Waals surface area (Å²) in [5, 5.41) is 15.8. The molecular formula is C51H37N5. The van der Waals surface area contributed by atoms with Crippen LogP contribution in [0.2, 0.25) is 0 Å². The second kappa shape index (κ2) is 12.9. The molecule has 0 spiro atoms. The third-order valence-electron chi connectivity index (χ3n) is 11.0. The third kappa shape index (κ3) is 5.38. The van der Waals surface area contributed by atoms with E-state index in [4.69, 9.17) is 9.97 Å². The van der Waals surface area contributed by atoms with Gasteiger partial charge in [-0.1, -0.05) is 107 Å². The average Bonchev–Trinajstić information content (AvgIpc) is 3.71. The van der Waals surface area contributed by atoms with Crippen LogP contribution in [0.5, 0.6) is 0 Å². The summed E-state index contributed by atoms with van der Waals surface area (Å²) in [5.74, 6) is 0.547. The van der Waals surface area contributed by atoms with Gasteiger partial charge in [0.2, 0.25) is 0 Å². The Kier molecular flexibility index (Phi) is 7.69. The lowest BCUT2D eigenvalue weighted by atomic mass is 10.0. The Morgan fingerprint density at radius 3 is 1.21 bits per heavy atom. The minimum Gasteiger partial charge on any atom is -0.308 e. The standard InChI is InChI=1S/C51H37N5/c1-31-15-19-45-38(23-31)39-24-32(2)16-20-46(39)55(45)49-29-50(56-47-21-17-33(3)25-40(47)41-26-34(4)18-22-48(41)56)42(27-37(49)30-52)51-53-43(35-11-7-5-8-12-35)28-44(54-51)36-13-9-6-10-14-36/h5-29H,1-4H3. The van der Waals surface area contributed by atoms with E-state index in [1.165, 1.54) is 33.0 Å². The summed E-state index contributed by atoms with van der Waals surface area (Å²) in [4.78, 5) is 10.6. The molecule has 3 aromatic heterocycles. The number of aryl methyl sites for hydroxylation is 4. The molecule has 0 aliphatic heterocycles. The predicted octanol–water partition coefficient (Wildman–Crippen LogP) is 12.8. The average molecular weight is 720 g/mol. The SMILES string of the molecule is Cc1ccc2c(c1)c1cc(C)ccc1n2-c1cc(-n2c3ccc(C)cc3c3cc(C)ccc32)c(-c2nc(-c3ccccc3)cc(-c3ccccc3)n2)cc1C#N. The van der Waals surface area contributed by atoms with Crippen molar-refractivity contribution in [2.45, 2.75) is 27.7 Å². The summed E-state index contributed by atoms with van der Waals surface area (Å²) in [6, 6.07) is 55.8. The maximum absolute atomic E-state index is 11.1. The van der Waals surface area contributed by atoms with Gasteiger partial charge >= 0.3 is 0 Å². The second-order valence-corrected chi connectivity index (χ2v) is 14.9. The first-order valence-electron chi connectivity index (χ1n) is 19.0. The fourth-order valence-corrected chi connectivity index (χ4v) is 8.32. The van der Waals surface area contributed by atoms with Gasteiger partial charge in [0.25, 0.3) is 0 Å². The highest BCUT2D eigenvalue weighted by Gasteiger charge is 2.24. The molecule has 10 aromatic rings. The van der Waals surface area contributed by atoms with Crippen molar-refractivity contribution in [3.8, 4) is 51.3 Å². The van der Waals surface area contributed by atoms with Crippen molar-refractivity contribution in [3.63, 3.8) is 0 Å². The molecule has 5 heteroatoms. The minimum absolute atomic E-state index is 0.533. The zero-order valence-corrected chi connectivity index (χ0v) is 31.7. The van der Waals surface area contributed by atoms with Crippen molar-refractivity contribution in [2.75, 3.05) is 0 Å². The van der Waals surface area contributed by atoms with Gasteiger partial charge in [-0.2, -0.15) is 5.26 Å². The van der Waals surface area contributed by atoms with Gasteiger partial charge in [0.15, 0.2) is 5.82 Å². The molecule has 0 bridgehead atoms. The number of nitrogens with zero attached hydrogens (tertiary/aromatic N) is 5. The molecule has 10 rings (SSSR count). The molecule has 0 fully saturated rings. The Bertz CT molecular complexity index is 3060. The molecule has 0 unspecified atom stereocenters. The van der Waals surface area contributed by atoms with Gasteiger partial charge < -0.3 is 9.13 Å². The highest BCUT2D eigenvalue weighted by Crippen LogP contribution is 2.41. The topological polar surface area (TPSA) is 59.4 Å². The summed E-state index contributed by atoms with van der Waals surface area (Å²) in [7, 11) is 0. The summed E-state index contributed by atoms with van der Waals surface area (Å²) in [6.07, 6.45) is 0. The maximum Gasteiger partial charge on any atom is 0.162 e. The van der Waals surface area contributed by atoms with Gasteiger partial charge in [0, 0.05) is 38.2 Å². The molecule has 0 aliphatic rings. The normalized spacial score (nSPS) is 11.6. The van der Waals surface area contributed by atoms with E-state index in [2.05, 4.69) is 152 Å². The van der Waals surface area contributed by atoms with Gasteiger partial charge in [-0.05, 0) is 94.4 Å². The van der Waals surface area contributed by atoms with Gasteiger partial charge in [0.1, 0.15) is 6.07 Å². The third-order valence-corrected chi connectivity index (χ3v) is 11.0. The summed E-state index contributed by atoms with van der Waals surface area (Å²) >= 11 is 0. The van der Waals surface area contributed by atoms with Crippen LogP contribution >= 0.6 is 0 Å². The lowest BCUT2D eigenvalue weighted by Crippen LogP contribution is -2.06. The molecule has 0 saturated carbocycles. The maximum atomic E-state index is 11.1. The van der Waals surface area contributed by atoms with Crippen LogP contribution in [-0.2, 0) is 0 Å². The van der Waals surface area contributed by atoms with E-state index >= 15 is 0 Å². The number of nitriles is 1. The Morgan fingerprint density at radius 2 is 0.821 bits per heavy atom. The van der Waals surface area contributed by atoms with Crippen molar-refractivity contribution >= 4 is 43.6 Å². The predicted molar refractivity (Wildman–Crippen MR) is 231 cm³/mol. The molecule has 5 nitrogen and oxygen atoms in total. The Balaban J connectivity index is 1.36. The second-order valence-electron chi connectivity index (χ2n) is 14.9. The number of rotatable bonds is 5. The zero-order chi connectivity index (χ0) is 38.1. The van der Waals surface area contributed by atoms with E-state index in [9.17, 15) is 5.26 Å². The molecule has 0 aliphatic carbocycles. The number of benzene rings is 7. The number of aromatic nitrogens is 4. The molecule has 266 valence electrons. The molecule has 0 atom stereocenters. The highest BCUT2D eigenvalue weighted by molar-refractivity contribution is 6.11. The molecular weight excluding hydrogens is 683 g/mol. The molecule has 0 N–H and O–H groups in total.